The maximum absolute atomic E-state index is 13.6. The normalized spacial score (nSPS) is 19.2. The van der Waals surface area contributed by atoms with Crippen molar-refractivity contribution in [2.45, 2.75) is 49.9 Å². The lowest BCUT2D eigenvalue weighted by atomic mass is 9.85. The first kappa shape index (κ1) is 24.0. The second kappa shape index (κ2) is 10.1. The molecule has 36 heavy (non-hydrogen) atoms. The van der Waals surface area contributed by atoms with Crippen LogP contribution in [0.15, 0.2) is 60.9 Å². The van der Waals surface area contributed by atoms with Crippen LogP contribution in [0.1, 0.15) is 54.7 Å². The number of hydrogen-bond acceptors (Lipinski definition) is 7. The van der Waals surface area contributed by atoms with Crippen molar-refractivity contribution in [1.29, 1.82) is 0 Å². The Kier molecular flexibility index (Phi) is 6.73. The van der Waals surface area contributed by atoms with E-state index in [0.29, 0.717) is 18.2 Å². The molecule has 8 nitrogen and oxygen atoms in total. The largest absolute Gasteiger partial charge is 0.474 e. The Morgan fingerprint density at radius 1 is 1.08 bits per heavy atom. The molecule has 1 saturated carbocycles. The number of fused-ring (bicyclic) bond motifs is 1. The van der Waals surface area contributed by atoms with Crippen LogP contribution in [-0.2, 0) is 6.18 Å². The Morgan fingerprint density at radius 2 is 1.89 bits per heavy atom. The number of pyridine rings is 1. The molecule has 0 saturated heterocycles. The van der Waals surface area contributed by atoms with Crippen LogP contribution in [0.5, 0.6) is 5.88 Å². The van der Waals surface area contributed by atoms with E-state index in [-0.39, 0.29) is 24.5 Å². The molecule has 2 N–H and O–H groups in total. The quantitative estimate of drug-likeness (QED) is 0.378. The summed E-state index contributed by atoms with van der Waals surface area (Å²) in [6, 6.07) is 14.2. The first-order chi connectivity index (χ1) is 17.4. The van der Waals surface area contributed by atoms with Gasteiger partial charge in [0.15, 0.2) is 5.65 Å². The molecular weight excluding hydrogens is 473 g/mol. The van der Waals surface area contributed by atoms with E-state index < -0.39 is 23.7 Å². The fourth-order valence-corrected chi connectivity index (χ4v) is 4.55. The zero-order chi connectivity index (χ0) is 25.1. The van der Waals surface area contributed by atoms with Gasteiger partial charge >= 0.3 is 6.18 Å². The molecule has 0 spiro atoms. The van der Waals surface area contributed by atoms with Gasteiger partial charge in [0.25, 0.3) is 0 Å². The summed E-state index contributed by atoms with van der Waals surface area (Å²) < 4.78 is 48.0. The van der Waals surface area contributed by atoms with Gasteiger partial charge in [-0.15, -0.1) is 10.2 Å². The lowest BCUT2D eigenvalue weighted by Crippen LogP contribution is -2.28. The highest BCUT2D eigenvalue weighted by molar-refractivity contribution is 5.38. The Morgan fingerprint density at radius 3 is 2.69 bits per heavy atom. The molecule has 0 bridgehead atoms. The van der Waals surface area contributed by atoms with E-state index in [1.165, 1.54) is 0 Å². The van der Waals surface area contributed by atoms with Gasteiger partial charge in [-0.05, 0) is 37.0 Å². The fourth-order valence-electron chi connectivity index (χ4n) is 4.55. The van der Waals surface area contributed by atoms with Crippen LogP contribution in [0.3, 0.4) is 0 Å². The number of aliphatic hydroxyl groups is 1. The zero-order valence-electron chi connectivity index (χ0n) is 19.3. The van der Waals surface area contributed by atoms with E-state index in [9.17, 15) is 18.3 Å². The molecule has 188 valence electrons. The molecule has 3 aromatic heterocycles. The third-order valence-electron chi connectivity index (χ3n) is 6.33. The molecule has 3 atom stereocenters. The highest BCUT2D eigenvalue weighted by Gasteiger charge is 2.37. The van der Waals surface area contributed by atoms with Crippen molar-refractivity contribution < 1.29 is 23.0 Å². The summed E-state index contributed by atoms with van der Waals surface area (Å²) in [5, 5.41) is 22.1. The highest BCUT2D eigenvalue weighted by Crippen LogP contribution is 2.37. The van der Waals surface area contributed by atoms with E-state index in [0.717, 1.165) is 30.7 Å². The summed E-state index contributed by atoms with van der Waals surface area (Å²) >= 11 is 0. The first-order valence-electron chi connectivity index (χ1n) is 11.7. The average Bonchev–Trinajstić information content (AvgIpc) is 3.32. The monoisotopic (exact) mass is 498 g/mol. The summed E-state index contributed by atoms with van der Waals surface area (Å²) in [5.74, 6) is 0.430. The van der Waals surface area contributed by atoms with Crippen molar-refractivity contribution in [2.24, 2.45) is 0 Å². The minimum Gasteiger partial charge on any atom is -0.474 e. The third-order valence-corrected chi connectivity index (χ3v) is 6.33. The molecule has 1 fully saturated rings. The van der Waals surface area contributed by atoms with Crippen LogP contribution in [0.25, 0.3) is 5.65 Å². The lowest BCUT2D eigenvalue weighted by Gasteiger charge is -2.29. The Balaban J connectivity index is 1.31. The standard InChI is InChI=1S/C25H25F3N6O2/c26-25(27,28)19-14-29-24(31-23(19)36-15-20(35)16-7-2-1-3-8-16)30-18-10-6-9-17(13-18)22-33-32-21-11-4-5-12-34(21)22/h1-5,7-8,11-12,14,17-18,20,35H,6,9-10,13,15H2,(H,29,30,31). The summed E-state index contributed by atoms with van der Waals surface area (Å²) in [6.07, 6.45) is 0.223. The van der Waals surface area contributed by atoms with Crippen LogP contribution < -0.4 is 10.1 Å². The Hall–Kier alpha value is -3.73. The number of alkyl halides is 3. The number of anilines is 1. The van der Waals surface area contributed by atoms with Crippen molar-refractivity contribution in [3.63, 3.8) is 0 Å². The number of benzene rings is 1. The summed E-state index contributed by atoms with van der Waals surface area (Å²) in [4.78, 5) is 7.93. The summed E-state index contributed by atoms with van der Waals surface area (Å²) in [7, 11) is 0. The van der Waals surface area contributed by atoms with E-state index in [1.807, 2.05) is 28.8 Å². The number of aliphatic hydroxyl groups excluding tert-OH is 1. The number of rotatable bonds is 7. The van der Waals surface area contributed by atoms with Crippen LogP contribution >= 0.6 is 0 Å². The van der Waals surface area contributed by atoms with Gasteiger partial charge in [0.1, 0.15) is 24.1 Å². The number of aromatic nitrogens is 5. The zero-order valence-corrected chi connectivity index (χ0v) is 19.3. The van der Waals surface area contributed by atoms with Crippen molar-refractivity contribution in [1.82, 2.24) is 24.6 Å². The van der Waals surface area contributed by atoms with Gasteiger partial charge in [0.2, 0.25) is 11.8 Å². The van der Waals surface area contributed by atoms with Gasteiger partial charge in [-0.1, -0.05) is 42.8 Å². The van der Waals surface area contributed by atoms with Crippen molar-refractivity contribution in [3.8, 4) is 5.88 Å². The Labute approximate surface area is 205 Å². The summed E-state index contributed by atoms with van der Waals surface area (Å²) in [5.41, 5.74) is 0.214. The topological polar surface area (TPSA) is 97.5 Å². The molecular formula is C25H25F3N6O2. The molecule has 3 heterocycles. The van der Waals surface area contributed by atoms with Crippen LogP contribution in [-0.4, -0.2) is 42.3 Å². The van der Waals surface area contributed by atoms with Gasteiger partial charge in [-0.3, -0.25) is 4.40 Å². The molecule has 0 aliphatic heterocycles. The van der Waals surface area contributed by atoms with Crippen molar-refractivity contribution in [3.05, 3.63) is 77.9 Å². The number of nitrogens with one attached hydrogen (secondary N) is 1. The van der Waals surface area contributed by atoms with E-state index in [1.54, 1.807) is 30.3 Å². The minimum atomic E-state index is -4.70. The Bertz CT molecular complexity index is 1310. The van der Waals surface area contributed by atoms with E-state index in [2.05, 4.69) is 25.5 Å². The maximum Gasteiger partial charge on any atom is 0.423 e. The van der Waals surface area contributed by atoms with Crippen LogP contribution in [0.2, 0.25) is 0 Å². The van der Waals surface area contributed by atoms with Crippen molar-refractivity contribution >= 4 is 11.6 Å². The molecule has 5 rings (SSSR count). The minimum absolute atomic E-state index is 0.0453. The van der Waals surface area contributed by atoms with E-state index >= 15 is 0 Å². The summed E-state index contributed by atoms with van der Waals surface area (Å²) in [6.45, 7) is -0.380. The predicted octanol–water partition coefficient (Wildman–Crippen LogP) is 4.79. The molecule has 0 radical (unpaired) electrons. The van der Waals surface area contributed by atoms with Gasteiger partial charge < -0.3 is 15.2 Å². The second-order valence-corrected chi connectivity index (χ2v) is 8.84. The molecule has 3 unspecified atom stereocenters. The average molecular weight is 499 g/mol. The molecule has 1 aliphatic carbocycles. The highest BCUT2D eigenvalue weighted by atomic mass is 19.4. The smallest absolute Gasteiger partial charge is 0.423 e. The third kappa shape index (κ3) is 5.25. The molecule has 1 aliphatic rings. The predicted molar refractivity (Wildman–Crippen MR) is 126 cm³/mol. The molecule has 4 aromatic rings. The number of halogens is 3. The second-order valence-electron chi connectivity index (χ2n) is 8.84. The van der Waals surface area contributed by atoms with Crippen LogP contribution in [0, 0.1) is 0 Å². The lowest BCUT2D eigenvalue weighted by molar-refractivity contribution is -0.139. The van der Waals surface area contributed by atoms with Crippen LogP contribution in [0.4, 0.5) is 19.1 Å². The maximum atomic E-state index is 13.6. The van der Waals surface area contributed by atoms with Gasteiger partial charge in [0.05, 0.1) is 0 Å². The molecule has 1 aromatic carbocycles. The SMILES string of the molecule is OC(COc1nc(NC2CCCC(c3nnc4ccccn34)C2)ncc1C(F)(F)F)c1ccccc1. The first-order valence-corrected chi connectivity index (χ1v) is 11.7. The number of nitrogens with zero attached hydrogens (tertiary/aromatic N) is 5. The number of ether oxygens (including phenoxy) is 1. The fraction of sp³-hybridized carbons (Fsp3) is 0.360. The molecule has 11 heteroatoms. The number of hydrogen-bond donors (Lipinski definition) is 2. The van der Waals surface area contributed by atoms with Gasteiger partial charge in [-0.2, -0.15) is 18.2 Å². The van der Waals surface area contributed by atoms with Gasteiger partial charge in [-0.25, -0.2) is 4.98 Å². The van der Waals surface area contributed by atoms with Crippen molar-refractivity contribution in [2.75, 3.05) is 11.9 Å². The molecule has 0 amide bonds. The van der Waals surface area contributed by atoms with Gasteiger partial charge in [0, 0.05) is 24.4 Å². The van der Waals surface area contributed by atoms with E-state index in [4.69, 9.17) is 4.74 Å².